The lowest BCUT2D eigenvalue weighted by Crippen LogP contribution is -2.16. The van der Waals surface area contributed by atoms with E-state index < -0.39 is 29.2 Å². The van der Waals surface area contributed by atoms with Crippen LogP contribution in [-0.4, -0.2) is 22.5 Å². The standard InChI is InChI=1S/C10H10FNO4/c11-9-3-1-2-7(4-9)8(5-10(13)14)6-12(15)16/h1-4,8H,5-6H2,(H,13,14). The van der Waals surface area contributed by atoms with E-state index in [1.165, 1.54) is 18.2 Å². The quantitative estimate of drug-likeness (QED) is 0.612. The van der Waals surface area contributed by atoms with Crippen molar-refractivity contribution in [2.75, 3.05) is 6.54 Å². The number of nitrogens with zero attached hydrogens (tertiary/aromatic N) is 1. The topological polar surface area (TPSA) is 80.4 Å². The van der Waals surface area contributed by atoms with Crippen LogP contribution in [0.5, 0.6) is 0 Å². The first-order valence-corrected chi connectivity index (χ1v) is 4.58. The molecule has 5 nitrogen and oxygen atoms in total. The average molecular weight is 227 g/mol. The van der Waals surface area contributed by atoms with Gasteiger partial charge in [-0.25, -0.2) is 4.39 Å². The summed E-state index contributed by atoms with van der Waals surface area (Å²) in [7, 11) is 0. The van der Waals surface area contributed by atoms with Gasteiger partial charge in [0.2, 0.25) is 6.54 Å². The fourth-order valence-corrected chi connectivity index (χ4v) is 1.44. The van der Waals surface area contributed by atoms with Gasteiger partial charge in [0.15, 0.2) is 0 Å². The van der Waals surface area contributed by atoms with Crippen LogP contribution in [0.4, 0.5) is 4.39 Å². The molecule has 0 aliphatic carbocycles. The lowest BCUT2D eigenvalue weighted by molar-refractivity contribution is -0.483. The number of carbonyl (C=O) groups is 1. The van der Waals surface area contributed by atoms with Gasteiger partial charge < -0.3 is 5.11 Å². The van der Waals surface area contributed by atoms with Gasteiger partial charge in [-0.1, -0.05) is 12.1 Å². The summed E-state index contributed by atoms with van der Waals surface area (Å²) in [5.41, 5.74) is 0.333. The largest absolute Gasteiger partial charge is 0.481 e. The molecule has 0 radical (unpaired) electrons. The molecule has 0 aromatic heterocycles. The monoisotopic (exact) mass is 227 g/mol. The molecule has 1 aromatic rings. The van der Waals surface area contributed by atoms with Crippen molar-refractivity contribution in [1.82, 2.24) is 0 Å². The fraction of sp³-hybridized carbons (Fsp3) is 0.300. The summed E-state index contributed by atoms with van der Waals surface area (Å²) in [5, 5.41) is 19.0. The maximum atomic E-state index is 12.9. The van der Waals surface area contributed by atoms with E-state index in [4.69, 9.17) is 5.11 Å². The first-order valence-electron chi connectivity index (χ1n) is 4.58. The molecule has 86 valence electrons. The number of nitro groups is 1. The lowest BCUT2D eigenvalue weighted by atomic mass is 9.96. The zero-order valence-corrected chi connectivity index (χ0v) is 8.30. The smallest absolute Gasteiger partial charge is 0.304 e. The van der Waals surface area contributed by atoms with E-state index in [9.17, 15) is 19.3 Å². The van der Waals surface area contributed by atoms with Crippen molar-refractivity contribution in [2.24, 2.45) is 0 Å². The Morgan fingerprint density at radius 2 is 2.25 bits per heavy atom. The van der Waals surface area contributed by atoms with E-state index in [2.05, 4.69) is 0 Å². The van der Waals surface area contributed by atoms with Crippen molar-refractivity contribution in [3.05, 3.63) is 45.8 Å². The minimum atomic E-state index is -1.14. The summed E-state index contributed by atoms with van der Waals surface area (Å²) in [6, 6.07) is 5.21. The highest BCUT2D eigenvalue weighted by molar-refractivity contribution is 5.68. The van der Waals surface area contributed by atoms with Gasteiger partial charge >= 0.3 is 5.97 Å². The summed E-state index contributed by atoms with van der Waals surface area (Å²) in [4.78, 5) is 20.3. The molecule has 1 rings (SSSR count). The van der Waals surface area contributed by atoms with Crippen LogP contribution < -0.4 is 0 Å². The summed E-state index contributed by atoms with van der Waals surface area (Å²) in [5.74, 6) is -2.48. The molecule has 0 aliphatic heterocycles. The van der Waals surface area contributed by atoms with Crippen LogP contribution in [0, 0.1) is 15.9 Å². The predicted molar refractivity (Wildman–Crippen MR) is 53.3 cm³/mol. The molecular formula is C10H10FNO4. The molecule has 0 heterocycles. The summed E-state index contributed by atoms with van der Waals surface area (Å²) in [6.45, 7) is -0.518. The Morgan fingerprint density at radius 3 is 2.75 bits per heavy atom. The minimum Gasteiger partial charge on any atom is -0.481 e. The van der Waals surface area contributed by atoms with Crippen LogP contribution in [0.2, 0.25) is 0 Å². The highest BCUT2D eigenvalue weighted by Gasteiger charge is 2.21. The lowest BCUT2D eigenvalue weighted by Gasteiger charge is -2.10. The molecule has 0 spiro atoms. The molecule has 1 atom stereocenters. The van der Waals surface area contributed by atoms with Crippen LogP contribution in [0.15, 0.2) is 24.3 Å². The van der Waals surface area contributed by atoms with Crippen molar-refractivity contribution in [1.29, 1.82) is 0 Å². The predicted octanol–water partition coefficient (Wildman–Crippen LogP) is 1.66. The Hall–Kier alpha value is -1.98. The third-order valence-electron chi connectivity index (χ3n) is 2.11. The minimum absolute atomic E-state index is 0.333. The van der Waals surface area contributed by atoms with E-state index in [-0.39, 0.29) is 6.42 Å². The third-order valence-corrected chi connectivity index (χ3v) is 2.11. The number of carboxylic acids is 1. The molecular weight excluding hydrogens is 217 g/mol. The Kier molecular flexibility index (Phi) is 3.93. The second-order valence-electron chi connectivity index (χ2n) is 3.37. The SMILES string of the molecule is O=C(O)CC(C[N+](=O)[O-])c1cccc(F)c1. The van der Waals surface area contributed by atoms with Crippen LogP contribution in [-0.2, 0) is 4.79 Å². The van der Waals surface area contributed by atoms with Gasteiger partial charge in [-0.2, -0.15) is 0 Å². The van der Waals surface area contributed by atoms with Gasteiger partial charge in [-0.15, -0.1) is 0 Å². The number of benzene rings is 1. The number of rotatable bonds is 5. The van der Waals surface area contributed by atoms with Crippen molar-refractivity contribution >= 4 is 5.97 Å². The van der Waals surface area contributed by atoms with Crippen LogP contribution in [0.3, 0.4) is 0 Å². The van der Waals surface area contributed by atoms with Gasteiger partial charge in [0.05, 0.1) is 12.3 Å². The van der Waals surface area contributed by atoms with Gasteiger partial charge in [-0.05, 0) is 17.7 Å². The van der Waals surface area contributed by atoms with Crippen molar-refractivity contribution in [3.63, 3.8) is 0 Å². The number of aliphatic carboxylic acids is 1. The molecule has 1 unspecified atom stereocenters. The number of hydrogen-bond acceptors (Lipinski definition) is 3. The van der Waals surface area contributed by atoms with Gasteiger partial charge in [0.25, 0.3) is 0 Å². The Bertz CT molecular complexity index is 392. The number of halogens is 1. The normalized spacial score (nSPS) is 12.1. The Balaban J connectivity index is 2.90. The first kappa shape index (κ1) is 12.1. The van der Waals surface area contributed by atoms with Crippen LogP contribution in [0.1, 0.15) is 17.9 Å². The van der Waals surface area contributed by atoms with Gasteiger partial charge in [-0.3, -0.25) is 14.9 Å². The Morgan fingerprint density at radius 1 is 1.56 bits per heavy atom. The van der Waals surface area contributed by atoms with Gasteiger partial charge in [0.1, 0.15) is 5.82 Å². The zero-order valence-electron chi connectivity index (χ0n) is 8.30. The maximum absolute atomic E-state index is 12.9. The maximum Gasteiger partial charge on any atom is 0.304 e. The third kappa shape index (κ3) is 3.64. The van der Waals surface area contributed by atoms with Crippen molar-refractivity contribution < 1.29 is 19.2 Å². The average Bonchev–Trinajstić information content (AvgIpc) is 2.15. The van der Waals surface area contributed by atoms with Crippen molar-refractivity contribution in [2.45, 2.75) is 12.3 Å². The van der Waals surface area contributed by atoms with E-state index in [0.717, 1.165) is 6.07 Å². The highest BCUT2D eigenvalue weighted by atomic mass is 19.1. The summed E-state index contributed by atoms with van der Waals surface area (Å²) in [6.07, 6.45) is -0.384. The molecule has 16 heavy (non-hydrogen) atoms. The van der Waals surface area contributed by atoms with Gasteiger partial charge in [0, 0.05) is 4.92 Å². The molecule has 0 fully saturated rings. The van der Waals surface area contributed by atoms with Crippen LogP contribution in [0.25, 0.3) is 0 Å². The summed E-state index contributed by atoms with van der Waals surface area (Å²) >= 11 is 0. The van der Waals surface area contributed by atoms with E-state index in [0.29, 0.717) is 5.56 Å². The van der Waals surface area contributed by atoms with E-state index >= 15 is 0 Å². The molecule has 0 saturated heterocycles. The Labute approximate surface area is 90.7 Å². The second-order valence-corrected chi connectivity index (χ2v) is 3.37. The molecule has 6 heteroatoms. The van der Waals surface area contributed by atoms with E-state index in [1.54, 1.807) is 0 Å². The molecule has 1 N–H and O–H groups in total. The molecule has 0 bridgehead atoms. The number of hydrogen-bond donors (Lipinski definition) is 1. The fourth-order valence-electron chi connectivity index (χ4n) is 1.44. The first-order chi connectivity index (χ1) is 7.49. The molecule has 0 aliphatic rings. The van der Waals surface area contributed by atoms with Crippen LogP contribution >= 0.6 is 0 Å². The molecule has 1 aromatic carbocycles. The zero-order chi connectivity index (χ0) is 12.1. The van der Waals surface area contributed by atoms with E-state index in [1.807, 2.05) is 0 Å². The van der Waals surface area contributed by atoms with Crippen molar-refractivity contribution in [3.8, 4) is 0 Å². The second kappa shape index (κ2) is 5.20. The summed E-state index contributed by atoms with van der Waals surface area (Å²) < 4.78 is 12.9. The number of carboxylic acid groups (broad SMARTS) is 1. The highest BCUT2D eigenvalue weighted by Crippen LogP contribution is 2.20. The molecule has 0 amide bonds. The molecule has 0 saturated carbocycles.